The monoisotopic (exact) mass is 335 g/mol. The number of hydrazone groups is 1. The lowest BCUT2D eigenvalue weighted by Crippen LogP contribution is -1.95. The van der Waals surface area contributed by atoms with Gasteiger partial charge in [-0.25, -0.2) is 0 Å². The first-order valence-electron chi connectivity index (χ1n) is 7.87. The van der Waals surface area contributed by atoms with Crippen molar-refractivity contribution in [2.75, 3.05) is 19.3 Å². The minimum absolute atomic E-state index is 0.237. The number of nitrogens with zero attached hydrogens (tertiary/aromatic N) is 2. The van der Waals surface area contributed by atoms with Crippen LogP contribution in [0, 0.1) is 6.92 Å². The van der Waals surface area contributed by atoms with Gasteiger partial charge in [0.2, 0.25) is 6.79 Å². The first kappa shape index (κ1) is 15.3. The first-order chi connectivity index (χ1) is 12.2. The molecule has 0 aliphatic carbocycles. The highest BCUT2D eigenvalue weighted by molar-refractivity contribution is 5.94. The highest BCUT2D eigenvalue weighted by Crippen LogP contribution is 2.38. The lowest BCUT2D eigenvalue weighted by Gasteiger charge is -2.08. The number of benzene rings is 2. The predicted molar refractivity (Wildman–Crippen MR) is 96.8 cm³/mol. The van der Waals surface area contributed by atoms with E-state index in [-0.39, 0.29) is 6.79 Å². The molecule has 25 heavy (non-hydrogen) atoms. The molecule has 0 amide bonds. The zero-order valence-electron chi connectivity index (χ0n) is 13.9. The van der Waals surface area contributed by atoms with E-state index in [9.17, 15) is 0 Å². The third-order valence-corrected chi connectivity index (χ3v) is 3.92. The fourth-order valence-corrected chi connectivity index (χ4v) is 2.74. The standard InChI is InChI=1S/C19H17N3O3/c1-12-6-17(22-20-10-13-4-3-5-14(7-13)23-2)15-8-18-19(25-11-24-18)9-16(15)21-12/h3-10H,11H2,1-2H3,(H,21,22)/b20-10+. The Morgan fingerprint density at radius 2 is 2.00 bits per heavy atom. The van der Waals surface area contributed by atoms with Gasteiger partial charge in [0.25, 0.3) is 0 Å². The Morgan fingerprint density at radius 1 is 1.16 bits per heavy atom. The van der Waals surface area contributed by atoms with Crippen molar-refractivity contribution in [3.05, 3.63) is 53.7 Å². The van der Waals surface area contributed by atoms with Crippen LogP contribution in [0.5, 0.6) is 17.2 Å². The van der Waals surface area contributed by atoms with Gasteiger partial charge in [0.15, 0.2) is 11.5 Å². The maximum Gasteiger partial charge on any atom is 0.231 e. The summed E-state index contributed by atoms with van der Waals surface area (Å²) in [5.74, 6) is 2.23. The van der Waals surface area contributed by atoms with E-state index < -0.39 is 0 Å². The van der Waals surface area contributed by atoms with Crippen LogP contribution in [0.25, 0.3) is 10.9 Å². The minimum Gasteiger partial charge on any atom is -0.497 e. The molecule has 0 saturated carbocycles. The van der Waals surface area contributed by atoms with Gasteiger partial charge >= 0.3 is 0 Å². The second kappa shape index (κ2) is 6.32. The molecule has 4 rings (SSSR count). The molecule has 1 aliphatic heterocycles. The van der Waals surface area contributed by atoms with Crippen molar-refractivity contribution in [2.45, 2.75) is 6.92 Å². The number of ether oxygens (including phenoxy) is 3. The average Bonchev–Trinajstić information content (AvgIpc) is 3.07. The highest BCUT2D eigenvalue weighted by atomic mass is 16.7. The van der Waals surface area contributed by atoms with E-state index >= 15 is 0 Å². The van der Waals surface area contributed by atoms with Crippen LogP contribution in [-0.2, 0) is 0 Å². The van der Waals surface area contributed by atoms with Gasteiger partial charge in [0, 0.05) is 17.1 Å². The predicted octanol–water partition coefficient (Wildman–Crippen LogP) is 3.73. The Labute approximate surface area is 145 Å². The van der Waals surface area contributed by atoms with Gasteiger partial charge in [-0.3, -0.25) is 10.4 Å². The van der Waals surface area contributed by atoms with Crippen molar-refractivity contribution in [3.8, 4) is 17.2 Å². The van der Waals surface area contributed by atoms with Crippen LogP contribution in [0.1, 0.15) is 11.3 Å². The number of methoxy groups -OCH3 is 1. The van der Waals surface area contributed by atoms with Gasteiger partial charge in [0.1, 0.15) is 5.75 Å². The molecule has 3 aromatic rings. The highest BCUT2D eigenvalue weighted by Gasteiger charge is 2.16. The molecule has 0 unspecified atom stereocenters. The maximum atomic E-state index is 5.46. The van der Waals surface area contributed by atoms with Crippen LogP contribution >= 0.6 is 0 Å². The molecule has 6 heteroatoms. The summed E-state index contributed by atoms with van der Waals surface area (Å²) in [7, 11) is 1.64. The Kier molecular flexibility index (Phi) is 3.85. The van der Waals surface area contributed by atoms with Crippen molar-refractivity contribution in [2.24, 2.45) is 5.10 Å². The number of hydrogen-bond donors (Lipinski definition) is 1. The number of nitrogens with one attached hydrogen (secondary N) is 1. The summed E-state index contributed by atoms with van der Waals surface area (Å²) < 4.78 is 16.1. The van der Waals surface area contributed by atoms with Gasteiger partial charge in [-0.05, 0) is 36.8 Å². The summed E-state index contributed by atoms with van der Waals surface area (Å²) in [4.78, 5) is 4.56. The molecule has 126 valence electrons. The van der Waals surface area contributed by atoms with E-state index in [0.29, 0.717) is 0 Å². The normalized spacial score (nSPS) is 12.7. The van der Waals surface area contributed by atoms with Gasteiger partial charge in [0.05, 0.1) is 24.5 Å². The average molecular weight is 335 g/mol. The summed E-state index contributed by atoms with van der Waals surface area (Å²) in [6.45, 7) is 2.18. The molecule has 0 atom stereocenters. The number of aromatic nitrogens is 1. The van der Waals surface area contributed by atoms with E-state index in [0.717, 1.165) is 45.1 Å². The number of fused-ring (bicyclic) bond motifs is 2. The molecule has 0 bridgehead atoms. The quantitative estimate of drug-likeness (QED) is 0.581. The zero-order chi connectivity index (χ0) is 17.2. The van der Waals surface area contributed by atoms with Crippen LogP contribution in [0.4, 0.5) is 5.69 Å². The maximum absolute atomic E-state index is 5.46. The molecule has 0 radical (unpaired) electrons. The number of hydrogen-bond acceptors (Lipinski definition) is 6. The number of rotatable bonds is 4. The van der Waals surface area contributed by atoms with E-state index in [4.69, 9.17) is 14.2 Å². The second-order valence-electron chi connectivity index (χ2n) is 5.68. The van der Waals surface area contributed by atoms with Crippen LogP contribution in [0.2, 0.25) is 0 Å². The zero-order valence-corrected chi connectivity index (χ0v) is 13.9. The van der Waals surface area contributed by atoms with Crippen molar-refractivity contribution in [1.82, 2.24) is 4.98 Å². The molecule has 6 nitrogen and oxygen atoms in total. The summed E-state index contributed by atoms with van der Waals surface area (Å²) in [6, 6.07) is 13.5. The first-order valence-corrected chi connectivity index (χ1v) is 7.87. The lowest BCUT2D eigenvalue weighted by atomic mass is 10.1. The van der Waals surface area contributed by atoms with Crippen LogP contribution < -0.4 is 19.6 Å². The third-order valence-electron chi connectivity index (χ3n) is 3.92. The number of aryl methyl sites for hydroxylation is 1. The van der Waals surface area contributed by atoms with Crippen LogP contribution in [-0.4, -0.2) is 25.1 Å². The topological polar surface area (TPSA) is 65.0 Å². The third kappa shape index (κ3) is 3.06. The molecule has 0 spiro atoms. The minimum atomic E-state index is 0.237. The van der Waals surface area contributed by atoms with Gasteiger partial charge < -0.3 is 14.2 Å². The van der Waals surface area contributed by atoms with Gasteiger partial charge in [-0.1, -0.05) is 12.1 Å². The number of anilines is 1. The van der Waals surface area contributed by atoms with E-state index in [1.165, 1.54) is 0 Å². The van der Waals surface area contributed by atoms with E-state index in [2.05, 4.69) is 15.5 Å². The molecular formula is C19H17N3O3. The molecule has 1 aromatic heterocycles. The molecular weight excluding hydrogens is 318 g/mol. The SMILES string of the molecule is COc1cccc(/C=N/Nc2cc(C)nc3cc4c(cc23)OCO4)c1. The smallest absolute Gasteiger partial charge is 0.231 e. The molecule has 2 heterocycles. The summed E-state index contributed by atoms with van der Waals surface area (Å²) in [6.07, 6.45) is 1.75. The Hall–Kier alpha value is -3.28. The lowest BCUT2D eigenvalue weighted by molar-refractivity contribution is 0.174. The number of pyridine rings is 1. The van der Waals surface area contributed by atoms with Crippen LogP contribution in [0.15, 0.2) is 47.6 Å². The molecule has 2 aromatic carbocycles. The molecule has 1 aliphatic rings. The Bertz CT molecular complexity index is 970. The van der Waals surface area contributed by atoms with Gasteiger partial charge in [-0.2, -0.15) is 5.10 Å². The Balaban J connectivity index is 1.65. The fourth-order valence-electron chi connectivity index (χ4n) is 2.74. The van der Waals surface area contributed by atoms with Crippen molar-refractivity contribution < 1.29 is 14.2 Å². The van der Waals surface area contributed by atoms with Crippen molar-refractivity contribution >= 4 is 22.8 Å². The van der Waals surface area contributed by atoms with E-state index in [1.54, 1.807) is 13.3 Å². The summed E-state index contributed by atoms with van der Waals surface area (Å²) in [5.41, 5.74) is 6.63. The summed E-state index contributed by atoms with van der Waals surface area (Å²) in [5, 5.41) is 5.27. The van der Waals surface area contributed by atoms with Gasteiger partial charge in [-0.15, -0.1) is 0 Å². The van der Waals surface area contributed by atoms with Crippen LogP contribution in [0.3, 0.4) is 0 Å². The molecule has 1 N–H and O–H groups in total. The summed E-state index contributed by atoms with van der Waals surface area (Å²) >= 11 is 0. The van der Waals surface area contributed by atoms with E-state index in [1.807, 2.05) is 49.4 Å². The fraction of sp³-hybridized carbons (Fsp3) is 0.158. The molecule has 0 fully saturated rings. The van der Waals surface area contributed by atoms with Crippen molar-refractivity contribution in [3.63, 3.8) is 0 Å². The molecule has 0 saturated heterocycles. The Morgan fingerprint density at radius 3 is 2.84 bits per heavy atom. The van der Waals surface area contributed by atoms with Crippen molar-refractivity contribution in [1.29, 1.82) is 0 Å². The second-order valence-corrected chi connectivity index (χ2v) is 5.68. The largest absolute Gasteiger partial charge is 0.497 e.